The van der Waals surface area contributed by atoms with Gasteiger partial charge in [-0.3, -0.25) is 4.79 Å². The molecule has 2 bridgehead atoms. The van der Waals surface area contributed by atoms with Crippen LogP contribution in [0.2, 0.25) is 0 Å². The predicted molar refractivity (Wildman–Crippen MR) is 76.6 cm³/mol. The molecular formula is C15H16N2OS. The Hall–Kier alpha value is -1.26. The van der Waals surface area contributed by atoms with Gasteiger partial charge in [0.2, 0.25) is 0 Å². The second-order valence-electron chi connectivity index (χ2n) is 5.60. The molecule has 3 aliphatic heterocycles. The van der Waals surface area contributed by atoms with E-state index >= 15 is 0 Å². The molecule has 0 spiro atoms. The van der Waals surface area contributed by atoms with Crippen molar-refractivity contribution in [2.45, 2.75) is 12.8 Å². The average molecular weight is 272 g/mol. The number of benzene rings is 1. The molecule has 0 amide bonds. The van der Waals surface area contributed by atoms with Crippen LogP contribution in [0.4, 0.5) is 0 Å². The van der Waals surface area contributed by atoms with E-state index in [-0.39, 0.29) is 11.7 Å². The Balaban J connectivity index is 1.66. The predicted octanol–water partition coefficient (Wildman–Crippen LogP) is 2.82. The van der Waals surface area contributed by atoms with E-state index < -0.39 is 0 Å². The van der Waals surface area contributed by atoms with Crippen molar-refractivity contribution in [2.24, 2.45) is 11.8 Å². The maximum absolute atomic E-state index is 12.7. The molecule has 1 atom stereocenters. The maximum atomic E-state index is 12.7. The van der Waals surface area contributed by atoms with Gasteiger partial charge in [-0.25, -0.2) is 4.98 Å². The minimum atomic E-state index is 0.183. The Labute approximate surface area is 116 Å². The van der Waals surface area contributed by atoms with Crippen molar-refractivity contribution >= 4 is 27.3 Å². The Bertz CT molecular complexity index is 595. The third-order valence-electron chi connectivity index (χ3n) is 4.50. The molecule has 3 saturated heterocycles. The molecule has 3 fully saturated rings. The molecule has 0 saturated carbocycles. The molecule has 98 valence electrons. The van der Waals surface area contributed by atoms with Gasteiger partial charge in [0.05, 0.1) is 10.2 Å². The number of thiazole rings is 1. The number of rotatable bonds is 2. The normalized spacial score (nSPS) is 29.8. The topological polar surface area (TPSA) is 33.2 Å². The summed E-state index contributed by atoms with van der Waals surface area (Å²) in [4.78, 5) is 19.6. The molecule has 0 radical (unpaired) electrons. The quantitative estimate of drug-likeness (QED) is 0.788. The van der Waals surface area contributed by atoms with Gasteiger partial charge in [-0.2, -0.15) is 0 Å². The van der Waals surface area contributed by atoms with Crippen LogP contribution < -0.4 is 0 Å². The number of nitrogens with zero attached hydrogens (tertiary/aromatic N) is 2. The molecule has 3 nitrogen and oxygen atoms in total. The summed E-state index contributed by atoms with van der Waals surface area (Å²) >= 11 is 1.55. The molecule has 19 heavy (non-hydrogen) atoms. The zero-order chi connectivity index (χ0) is 12.8. The number of hydrogen-bond acceptors (Lipinski definition) is 4. The van der Waals surface area contributed by atoms with Crippen LogP contribution in [-0.4, -0.2) is 35.3 Å². The van der Waals surface area contributed by atoms with E-state index in [1.165, 1.54) is 25.9 Å². The lowest BCUT2D eigenvalue weighted by Crippen LogP contribution is -2.50. The number of aromatic nitrogens is 1. The van der Waals surface area contributed by atoms with Gasteiger partial charge in [0.25, 0.3) is 0 Å². The van der Waals surface area contributed by atoms with E-state index in [2.05, 4.69) is 9.88 Å². The molecule has 2 aromatic rings. The minimum absolute atomic E-state index is 0.183. The Morgan fingerprint density at radius 1 is 1.26 bits per heavy atom. The first-order valence-electron chi connectivity index (χ1n) is 6.93. The van der Waals surface area contributed by atoms with Gasteiger partial charge in [-0.15, -0.1) is 11.3 Å². The van der Waals surface area contributed by atoms with Gasteiger partial charge >= 0.3 is 0 Å². The minimum Gasteiger partial charge on any atom is -0.303 e. The fraction of sp³-hybridized carbons (Fsp3) is 0.467. The molecule has 1 aromatic carbocycles. The molecule has 1 unspecified atom stereocenters. The molecule has 4 heterocycles. The van der Waals surface area contributed by atoms with Crippen LogP contribution >= 0.6 is 11.3 Å². The zero-order valence-corrected chi connectivity index (χ0v) is 11.5. The first kappa shape index (κ1) is 11.6. The van der Waals surface area contributed by atoms with Gasteiger partial charge in [0.1, 0.15) is 0 Å². The highest BCUT2D eigenvalue weighted by atomic mass is 32.1. The first-order chi connectivity index (χ1) is 9.31. The summed E-state index contributed by atoms with van der Waals surface area (Å²) in [7, 11) is 0. The lowest BCUT2D eigenvalue weighted by Gasteiger charge is -2.43. The van der Waals surface area contributed by atoms with Crippen LogP contribution in [-0.2, 0) is 0 Å². The van der Waals surface area contributed by atoms with Crippen molar-refractivity contribution in [3.8, 4) is 0 Å². The monoisotopic (exact) mass is 272 g/mol. The highest BCUT2D eigenvalue weighted by molar-refractivity contribution is 7.20. The third-order valence-corrected chi connectivity index (χ3v) is 5.55. The molecule has 3 aliphatic rings. The molecule has 1 aromatic heterocycles. The number of hydrogen-bond donors (Lipinski definition) is 0. The zero-order valence-electron chi connectivity index (χ0n) is 10.7. The molecule has 0 aliphatic carbocycles. The van der Waals surface area contributed by atoms with Crippen molar-refractivity contribution in [1.82, 2.24) is 9.88 Å². The van der Waals surface area contributed by atoms with Crippen LogP contribution in [0.1, 0.15) is 22.6 Å². The number of piperidine rings is 3. The lowest BCUT2D eigenvalue weighted by molar-refractivity contribution is 0.0419. The summed E-state index contributed by atoms with van der Waals surface area (Å²) in [5.41, 5.74) is 0.956. The Morgan fingerprint density at radius 2 is 2.05 bits per heavy atom. The second kappa shape index (κ2) is 4.39. The number of fused-ring (bicyclic) bond motifs is 4. The second-order valence-corrected chi connectivity index (χ2v) is 6.63. The molecular weight excluding hydrogens is 256 g/mol. The van der Waals surface area contributed by atoms with E-state index in [1.54, 1.807) is 11.3 Å². The lowest BCUT2D eigenvalue weighted by atomic mass is 9.77. The number of para-hydroxylation sites is 1. The van der Waals surface area contributed by atoms with Crippen LogP contribution in [0.15, 0.2) is 24.3 Å². The SMILES string of the molecule is O=C(c1nc2ccccc2s1)C1CN2CCC1CC2. The van der Waals surface area contributed by atoms with Crippen molar-refractivity contribution in [1.29, 1.82) is 0 Å². The fourth-order valence-corrected chi connectivity index (χ4v) is 4.37. The van der Waals surface area contributed by atoms with Crippen LogP contribution in [0.25, 0.3) is 10.2 Å². The average Bonchev–Trinajstić information content (AvgIpc) is 2.91. The fourth-order valence-electron chi connectivity index (χ4n) is 3.40. The maximum Gasteiger partial charge on any atom is 0.196 e. The standard InChI is InChI=1S/C15H16N2OS/c18-14(11-9-17-7-5-10(11)6-8-17)15-16-12-3-1-2-4-13(12)19-15/h1-4,10-11H,5-9H2. The van der Waals surface area contributed by atoms with Crippen LogP contribution in [0, 0.1) is 11.8 Å². The number of carbonyl (C=O) groups excluding carboxylic acids is 1. The van der Waals surface area contributed by atoms with Crippen molar-refractivity contribution in [3.63, 3.8) is 0 Å². The van der Waals surface area contributed by atoms with Crippen LogP contribution in [0.3, 0.4) is 0 Å². The first-order valence-corrected chi connectivity index (χ1v) is 7.75. The number of ketones is 1. The van der Waals surface area contributed by atoms with E-state index in [1.807, 2.05) is 24.3 Å². The summed E-state index contributed by atoms with van der Waals surface area (Å²) in [6, 6.07) is 8.01. The van der Waals surface area contributed by atoms with E-state index in [4.69, 9.17) is 0 Å². The van der Waals surface area contributed by atoms with Crippen molar-refractivity contribution in [3.05, 3.63) is 29.3 Å². The Kier molecular flexibility index (Phi) is 2.67. The van der Waals surface area contributed by atoms with Crippen molar-refractivity contribution < 1.29 is 4.79 Å². The summed E-state index contributed by atoms with van der Waals surface area (Å²) in [6.07, 6.45) is 2.36. The molecule has 0 N–H and O–H groups in total. The molecule has 5 rings (SSSR count). The molecule has 4 heteroatoms. The van der Waals surface area contributed by atoms with Gasteiger partial charge in [-0.1, -0.05) is 12.1 Å². The highest BCUT2D eigenvalue weighted by Gasteiger charge is 2.39. The summed E-state index contributed by atoms with van der Waals surface area (Å²) in [6.45, 7) is 3.29. The summed E-state index contributed by atoms with van der Waals surface area (Å²) < 4.78 is 1.12. The highest BCUT2D eigenvalue weighted by Crippen LogP contribution is 2.35. The van der Waals surface area contributed by atoms with Gasteiger partial charge in [-0.05, 0) is 44.0 Å². The number of carbonyl (C=O) groups is 1. The van der Waals surface area contributed by atoms with E-state index in [0.29, 0.717) is 10.9 Å². The summed E-state index contributed by atoms with van der Waals surface area (Å²) in [5.74, 6) is 1.04. The smallest absolute Gasteiger partial charge is 0.196 e. The van der Waals surface area contributed by atoms with Crippen LogP contribution in [0.5, 0.6) is 0 Å². The third kappa shape index (κ3) is 1.90. The Morgan fingerprint density at radius 3 is 2.74 bits per heavy atom. The van der Waals surface area contributed by atoms with Gasteiger partial charge < -0.3 is 4.90 Å². The van der Waals surface area contributed by atoms with Gasteiger partial charge in [0, 0.05) is 12.5 Å². The van der Waals surface area contributed by atoms with E-state index in [9.17, 15) is 4.79 Å². The van der Waals surface area contributed by atoms with Gasteiger partial charge in [0.15, 0.2) is 10.8 Å². The number of Topliss-reactive ketones (excluding diaryl/α,β-unsaturated/α-hetero) is 1. The largest absolute Gasteiger partial charge is 0.303 e. The van der Waals surface area contributed by atoms with Crippen molar-refractivity contribution in [2.75, 3.05) is 19.6 Å². The van der Waals surface area contributed by atoms with E-state index in [0.717, 1.165) is 16.8 Å². The summed E-state index contributed by atoms with van der Waals surface area (Å²) in [5, 5.41) is 0.708.